The lowest BCUT2D eigenvalue weighted by atomic mass is 9.73. The maximum atomic E-state index is 14.0. The van der Waals surface area contributed by atoms with Crippen molar-refractivity contribution < 1.29 is 18.7 Å². The Labute approximate surface area is 185 Å². The van der Waals surface area contributed by atoms with Crippen LogP contribution in [0.1, 0.15) is 30.0 Å². The molecule has 3 amide bonds. The van der Waals surface area contributed by atoms with Crippen LogP contribution in [0.3, 0.4) is 0 Å². The summed E-state index contributed by atoms with van der Waals surface area (Å²) >= 11 is 0. The van der Waals surface area contributed by atoms with Gasteiger partial charge in [-0.05, 0) is 36.8 Å². The number of benzene rings is 3. The summed E-state index contributed by atoms with van der Waals surface area (Å²) in [6.07, 6.45) is 0. The lowest BCUT2D eigenvalue weighted by Gasteiger charge is -2.34. The summed E-state index contributed by atoms with van der Waals surface area (Å²) in [6, 6.07) is 22.4. The summed E-state index contributed by atoms with van der Waals surface area (Å²) in [5.41, 5.74) is 1.01. The molecule has 3 aliphatic heterocycles. The van der Waals surface area contributed by atoms with Gasteiger partial charge in [0.15, 0.2) is 0 Å². The predicted octanol–water partition coefficient (Wildman–Crippen LogP) is 4.90. The van der Waals surface area contributed by atoms with Gasteiger partial charge in [0, 0.05) is 17.4 Å². The molecule has 3 unspecified atom stereocenters. The van der Waals surface area contributed by atoms with Gasteiger partial charge in [0.2, 0.25) is 0 Å². The van der Waals surface area contributed by atoms with Crippen molar-refractivity contribution in [3.8, 4) is 5.75 Å². The minimum Gasteiger partial charge on any atom is -0.493 e. The Morgan fingerprint density at radius 2 is 1.72 bits per heavy atom. The fourth-order valence-corrected chi connectivity index (χ4v) is 5.88. The molecule has 4 atom stereocenters. The minimum absolute atomic E-state index is 0.0835. The summed E-state index contributed by atoms with van der Waals surface area (Å²) in [7, 11) is 0. The molecule has 0 aromatic heterocycles. The van der Waals surface area contributed by atoms with Crippen molar-refractivity contribution >= 4 is 17.6 Å². The molecular weight excluding hydrogens is 407 g/mol. The number of ether oxygens (including phenoxy) is 1. The molecule has 2 fully saturated rings. The normalized spacial score (nSPS) is 28.2. The van der Waals surface area contributed by atoms with E-state index in [1.807, 2.05) is 61.5 Å². The number of urea groups is 1. The third-order valence-electron chi connectivity index (χ3n) is 7.15. The molecule has 0 bridgehead atoms. The molecule has 32 heavy (non-hydrogen) atoms. The number of nitrogens with zero attached hydrogens (tertiary/aromatic N) is 2. The van der Waals surface area contributed by atoms with E-state index in [1.54, 1.807) is 11.0 Å². The topological polar surface area (TPSA) is 49.9 Å². The van der Waals surface area contributed by atoms with Crippen LogP contribution in [0.15, 0.2) is 78.9 Å². The first-order chi connectivity index (χ1) is 15.5. The average molecular weight is 428 g/mol. The Bertz CT molecular complexity index is 1250. The van der Waals surface area contributed by atoms with Gasteiger partial charge in [0.25, 0.3) is 5.91 Å². The van der Waals surface area contributed by atoms with Gasteiger partial charge < -0.3 is 9.64 Å². The van der Waals surface area contributed by atoms with E-state index in [2.05, 4.69) is 0 Å². The molecule has 5 nitrogen and oxygen atoms in total. The maximum Gasteiger partial charge on any atom is 0.332 e. The summed E-state index contributed by atoms with van der Waals surface area (Å²) in [6.45, 7) is 2.25. The smallest absolute Gasteiger partial charge is 0.332 e. The summed E-state index contributed by atoms with van der Waals surface area (Å²) < 4.78 is 20.1. The second kappa shape index (κ2) is 6.66. The highest BCUT2D eigenvalue weighted by Gasteiger charge is 2.70. The molecule has 160 valence electrons. The predicted molar refractivity (Wildman–Crippen MR) is 117 cm³/mol. The highest BCUT2D eigenvalue weighted by atomic mass is 19.1. The number of hydrogen-bond donors (Lipinski definition) is 0. The van der Waals surface area contributed by atoms with Crippen molar-refractivity contribution in [2.24, 2.45) is 5.92 Å². The lowest BCUT2D eigenvalue weighted by molar-refractivity contribution is -0.124. The van der Waals surface area contributed by atoms with Gasteiger partial charge in [0.05, 0.1) is 18.3 Å². The van der Waals surface area contributed by atoms with Gasteiger partial charge in [-0.1, -0.05) is 54.6 Å². The van der Waals surface area contributed by atoms with E-state index in [0.29, 0.717) is 6.61 Å². The zero-order valence-corrected chi connectivity index (χ0v) is 17.4. The monoisotopic (exact) mass is 428 g/mol. The van der Waals surface area contributed by atoms with E-state index in [1.165, 1.54) is 18.2 Å². The Kier molecular flexibility index (Phi) is 3.97. The lowest BCUT2D eigenvalue weighted by Crippen LogP contribution is -2.46. The SMILES string of the molecule is C[C@@]12C(=O)N(c3cccc(F)c3)C(=O)N1C1c3ccccc3OCC1C2c1ccccc1. The van der Waals surface area contributed by atoms with Crippen LogP contribution in [-0.4, -0.2) is 29.0 Å². The van der Waals surface area contributed by atoms with E-state index < -0.39 is 17.4 Å². The number of amides is 3. The molecule has 0 spiro atoms. The fourth-order valence-electron chi connectivity index (χ4n) is 5.88. The third kappa shape index (κ3) is 2.38. The zero-order valence-electron chi connectivity index (χ0n) is 17.4. The van der Waals surface area contributed by atoms with Gasteiger partial charge in [-0.15, -0.1) is 0 Å². The highest BCUT2D eigenvalue weighted by molar-refractivity contribution is 6.24. The molecular formula is C26H21FN2O3. The van der Waals surface area contributed by atoms with Crippen LogP contribution in [0.25, 0.3) is 0 Å². The molecule has 6 heteroatoms. The molecule has 0 N–H and O–H groups in total. The maximum absolute atomic E-state index is 14.0. The van der Waals surface area contributed by atoms with Crippen LogP contribution in [0.4, 0.5) is 14.9 Å². The molecule has 3 aliphatic rings. The molecule has 2 saturated heterocycles. The Hall–Kier alpha value is -3.67. The van der Waals surface area contributed by atoms with Crippen molar-refractivity contribution in [1.29, 1.82) is 0 Å². The van der Waals surface area contributed by atoms with Crippen LogP contribution in [0, 0.1) is 11.7 Å². The van der Waals surface area contributed by atoms with Crippen LogP contribution in [0.5, 0.6) is 5.75 Å². The number of rotatable bonds is 2. The zero-order chi connectivity index (χ0) is 22.0. The Balaban J connectivity index is 1.57. The molecule has 0 radical (unpaired) electrons. The summed E-state index contributed by atoms with van der Waals surface area (Å²) in [5, 5.41) is 0. The van der Waals surface area contributed by atoms with E-state index in [4.69, 9.17) is 4.74 Å². The molecule has 3 heterocycles. The Morgan fingerprint density at radius 1 is 0.969 bits per heavy atom. The van der Waals surface area contributed by atoms with E-state index in [9.17, 15) is 14.0 Å². The van der Waals surface area contributed by atoms with Crippen molar-refractivity contribution in [2.45, 2.75) is 24.4 Å². The fraction of sp³-hybridized carbons (Fsp3) is 0.231. The first-order valence-corrected chi connectivity index (χ1v) is 10.7. The van der Waals surface area contributed by atoms with Gasteiger partial charge in [-0.3, -0.25) is 4.79 Å². The summed E-state index contributed by atoms with van der Waals surface area (Å²) in [5.74, 6) is -0.450. The number of anilines is 1. The standard InChI is InChI=1S/C26H21FN2O3/c1-26-22(16-8-3-2-4-9-16)20-15-32-21-13-6-5-12-19(21)23(20)29(26)25(31)28(24(26)30)18-11-7-10-17(27)14-18/h2-14,20,22-23H,15H2,1H3/t20?,22?,23?,26-/m1/s1. The average Bonchev–Trinajstić information content (AvgIpc) is 3.19. The quantitative estimate of drug-likeness (QED) is 0.546. The van der Waals surface area contributed by atoms with E-state index >= 15 is 0 Å². The second-order valence-corrected chi connectivity index (χ2v) is 8.77. The van der Waals surface area contributed by atoms with Crippen LogP contribution in [0.2, 0.25) is 0 Å². The minimum atomic E-state index is -1.12. The largest absolute Gasteiger partial charge is 0.493 e. The van der Waals surface area contributed by atoms with Crippen molar-refractivity contribution in [3.63, 3.8) is 0 Å². The number of fused-ring (bicyclic) bond motifs is 5. The van der Waals surface area contributed by atoms with Crippen molar-refractivity contribution in [3.05, 3.63) is 95.8 Å². The highest BCUT2D eigenvalue weighted by Crippen LogP contribution is 2.61. The number of carbonyl (C=O) groups excluding carboxylic acids is 2. The van der Waals surface area contributed by atoms with Crippen LogP contribution in [-0.2, 0) is 4.79 Å². The van der Waals surface area contributed by atoms with Gasteiger partial charge in [-0.25, -0.2) is 14.1 Å². The van der Waals surface area contributed by atoms with Crippen LogP contribution < -0.4 is 9.64 Å². The van der Waals surface area contributed by atoms with Crippen molar-refractivity contribution in [2.75, 3.05) is 11.5 Å². The van der Waals surface area contributed by atoms with Crippen LogP contribution >= 0.6 is 0 Å². The molecule has 3 aromatic rings. The first-order valence-electron chi connectivity index (χ1n) is 10.7. The molecule has 0 aliphatic carbocycles. The number of imide groups is 1. The number of hydrogen-bond acceptors (Lipinski definition) is 3. The third-order valence-corrected chi connectivity index (χ3v) is 7.15. The Morgan fingerprint density at radius 3 is 2.50 bits per heavy atom. The van der Waals surface area contributed by atoms with Gasteiger partial charge >= 0.3 is 6.03 Å². The van der Waals surface area contributed by atoms with Gasteiger partial charge in [0.1, 0.15) is 17.1 Å². The molecule has 0 saturated carbocycles. The van der Waals surface area contributed by atoms with Crippen molar-refractivity contribution in [1.82, 2.24) is 4.90 Å². The molecule has 6 rings (SSSR count). The van der Waals surface area contributed by atoms with Gasteiger partial charge in [-0.2, -0.15) is 0 Å². The number of para-hydroxylation sites is 1. The number of carbonyl (C=O) groups is 2. The number of halogens is 1. The first kappa shape index (κ1) is 19.0. The summed E-state index contributed by atoms with van der Waals surface area (Å²) in [4.78, 5) is 30.6. The van der Waals surface area contributed by atoms with E-state index in [-0.39, 0.29) is 29.5 Å². The van der Waals surface area contributed by atoms with E-state index in [0.717, 1.165) is 21.8 Å². The second-order valence-electron chi connectivity index (χ2n) is 8.77. The molecule has 3 aromatic carbocycles.